The van der Waals surface area contributed by atoms with E-state index in [0.29, 0.717) is 17.8 Å². The highest BCUT2D eigenvalue weighted by Crippen LogP contribution is 2.29. The molecule has 4 aromatic rings. The number of pyridine rings is 2. The van der Waals surface area contributed by atoms with Crippen LogP contribution in [0.1, 0.15) is 24.8 Å². The zero-order valence-electron chi connectivity index (χ0n) is 15.0. The van der Waals surface area contributed by atoms with Crippen molar-refractivity contribution in [3.05, 3.63) is 48.7 Å². The first kappa shape index (κ1) is 16.1. The van der Waals surface area contributed by atoms with Gasteiger partial charge in [-0.05, 0) is 37.1 Å². The fourth-order valence-corrected chi connectivity index (χ4v) is 3.60. The number of hydrogen-bond donors (Lipinski definition) is 0. The second-order valence-corrected chi connectivity index (χ2v) is 6.76. The summed E-state index contributed by atoms with van der Waals surface area (Å²) in [6, 6.07) is 8.51. The number of nitrogens with zero attached hydrogens (tertiary/aromatic N) is 5. The van der Waals surface area contributed by atoms with Crippen molar-refractivity contribution in [1.29, 1.82) is 0 Å². The van der Waals surface area contributed by atoms with E-state index in [1.807, 2.05) is 18.3 Å². The summed E-state index contributed by atoms with van der Waals surface area (Å²) in [6.45, 7) is 3.41. The molecule has 0 aliphatic carbocycles. The average molecular weight is 361 g/mol. The minimum absolute atomic E-state index is 0.466. The SMILES string of the molecule is Cc1nc(-c2ccnc(-c3cc4c(ccn4C4CCOCC4)cn3)c2)no1. The predicted octanol–water partition coefficient (Wildman–Crippen LogP) is 3.81. The van der Waals surface area contributed by atoms with Crippen LogP contribution in [0.3, 0.4) is 0 Å². The zero-order valence-corrected chi connectivity index (χ0v) is 15.0. The summed E-state index contributed by atoms with van der Waals surface area (Å²) >= 11 is 0. The second kappa shape index (κ2) is 6.59. The fraction of sp³-hybridized carbons (Fsp3) is 0.300. The molecule has 1 aliphatic heterocycles. The molecule has 27 heavy (non-hydrogen) atoms. The lowest BCUT2D eigenvalue weighted by molar-refractivity contribution is 0.0707. The van der Waals surface area contributed by atoms with Gasteiger partial charge in [0, 0.05) is 55.7 Å². The van der Waals surface area contributed by atoms with Gasteiger partial charge in [-0.15, -0.1) is 0 Å². The van der Waals surface area contributed by atoms with Crippen molar-refractivity contribution < 1.29 is 9.26 Å². The zero-order chi connectivity index (χ0) is 18.2. The highest BCUT2D eigenvalue weighted by atomic mass is 16.5. The first-order chi connectivity index (χ1) is 13.3. The summed E-state index contributed by atoms with van der Waals surface area (Å²) in [5.41, 5.74) is 3.65. The van der Waals surface area contributed by atoms with Gasteiger partial charge in [-0.3, -0.25) is 9.97 Å². The third-order valence-electron chi connectivity index (χ3n) is 5.00. The van der Waals surface area contributed by atoms with E-state index in [2.05, 4.69) is 43.0 Å². The average Bonchev–Trinajstić information content (AvgIpc) is 3.34. The Labute approximate surface area is 156 Å². The van der Waals surface area contributed by atoms with Crippen LogP contribution in [0.2, 0.25) is 0 Å². The van der Waals surface area contributed by atoms with Gasteiger partial charge in [0.25, 0.3) is 0 Å². The summed E-state index contributed by atoms with van der Waals surface area (Å²) in [5.74, 6) is 1.10. The van der Waals surface area contributed by atoms with Gasteiger partial charge in [0.1, 0.15) is 0 Å². The summed E-state index contributed by atoms with van der Waals surface area (Å²) < 4.78 is 12.9. The molecule has 0 radical (unpaired) electrons. The summed E-state index contributed by atoms with van der Waals surface area (Å²) in [4.78, 5) is 13.4. The first-order valence-electron chi connectivity index (χ1n) is 9.09. The van der Waals surface area contributed by atoms with Crippen LogP contribution < -0.4 is 0 Å². The molecule has 0 spiro atoms. The Balaban J connectivity index is 1.55. The van der Waals surface area contributed by atoms with E-state index >= 15 is 0 Å². The van der Waals surface area contributed by atoms with Gasteiger partial charge in [-0.2, -0.15) is 4.98 Å². The Morgan fingerprint density at radius 3 is 2.74 bits per heavy atom. The quantitative estimate of drug-likeness (QED) is 0.552. The van der Waals surface area contributed by atoms with Gasteiger partial charge in [-0.25, -0.2) is 0 Å². The second-order valence-electron chi connectivity index (χ2n) is 6.76. The van der Waals surface area contributed by atoms with Crippen molar-refractivity contribution in [2.75, 3.05) is 13.2 Å². The Bertz CT molecular complexity index is 1090. The maximum absolute atomic E-state index is 5.50. The molecule has 1 fully saturated rings. The molecular weight excluding hydrogens is 342 g/mol. The lowest BCUT2D eigenvalue weighted by Crippen LogP contribution is -2.18. The molecule has 0 unspecified atom stereocenters. The Hall–Kier alpha value is -3.06. The van der Waals surface area contributed by atoms with Gasteiger partial charge in [-0.1, -0.05) is 5.16 Å². The highest BCUT2D eigenvalue weighted by Gasteiger charge is 2.18. The number of rotatable bonds is 3. The van der Waals surface area contributed by atoms with Gasteiger partial charge in [0.15, 0.2) is 0 Å². The molecule has 0 N–H and O–H groups in total. The molecule has 5 rings (SSSR count). The van der Waals surface area contributed by atoms with E-state index < -0.39 is 0 Å². The molecule has 1 saturated heterocycles. The molecule has 7 heteroatoms. The normalized spacial score (nSPS) is 15.4. The predicted molar refractivity (Wildman–Crippen MR) is 100 cm³/mol. The molecule has 5 heterocycles. The van der Waals surface area contributed by atoms with Gasteiger partial charge >= 0.3 is 0 Å². The van der Waals surface area contributed by atoms with Crippen molar-refractivity contribution in [3.63, 3.8) is 0 Å². The number of fused-ring (bicyclic) bond motifs is 1. The molecule has 7 nitrogen and oxygen atoms in total. The van der Waals surface area contributed by atoms with E-state index in [9.17, 15) is 0 Å². The van der Waals surface area contributed by atoms with E-state index in [0.717, 1.165) is 48.4 Å². The summed E-state index contributed by atoms with van der Waals surface area (Å²) in [5, 5.41) is 5.12. The van der Waals surface area contributed by atoms with Crippen LogP contribution in [-0.2, 0) is 4.74 Å². The van der Waals surface area contributed by atoms with Gasteiger partial charge < -0.3 is 13.8 Å². The van der Waals surface area contributed by atoms with Crippen LogP contribution in [0.4, 0.5) is 0 Å². The van der Waals surface area contributed by atoms with Gasteiger partial charge in [0.05, 0.1) is 16.9 Å². The van der Waals surface area contributed by atoms with Crippen LogP contribution in [0.5, 0.6) is 0 Å². The molecule has 136 valence electrons. The third kappa shape index (κ3) is 3.00. The molecular formula is C20H19N5O2. The Kier molecular flexibility index (Phi) is 3.94. The van der Waals surface area contributed by atoms with Crippen molar-refractivity contribution in [3.8, 4) is 22.8 Å². The standard InChI is InChI=1S/C20H19N5O2/c1-13-23-20(24-27-13)14-2-6-21-17(10-14)18-11-19-15(12-22-18)3-7-25(19)16-4-8-26-9-5-16/h2-3,6-7,10-12,16H,4-5,8-9H2,1H3. The number of hydrogen-bond acceptors (Lipinski definition) is 6. The number of ether oxygens (including phenoxy) is 1. The lowest BCUT2D eigenvalue weighted by atomic mass is 10.1. The maximum atomic E-state index is 5.50. The third-order valence-corrected chi connectivity index (χ3v) is 5.00. The topological polar surface area (TPSA) is 78.9 Å². The maximum Gasteiger partial charge on any atom is 0.223 e. The minimum Gasteiger partial charge on any atom is -0.381 e. The summed E-state index contributed by atoms with van der Waals surface area (Å²) in [6.07, 6.45) is 7.88. The molecule has 0 aromatic carbocycles. The lowest BCUT2D eigenvalue weighted by Gasteiger charge is -2.24. The van der Waals surface area contributed by atoms with Crippen LogP contribution in [0.25, 0.3) is 33.7 Å². The van der Waals surface area contributed by atoms with Crippen LogP contribution >= 0.6 is 0 Å². The van der Waals surface area contributed by atoms with Crippen molar-refractivity contribution in [2.45, 2.75) is 25.8 Å². The van der Waals surface area contributed by atoms with E-state index in [1.165, 1.54) is 5.52 Å². The summed E-state index contributed by atoms with van der Waals surface area (Å²) in [7, 11) is 0. The molecule has 0 saturated carbocycles. The van der Waals surface area contributed by atoms with Crippen LogP contribution in [0, 0.1) is 6.92 Å². The number of aromatic nitrogens is 5. The van der Waals surface area contributed by atoms with Crippen molar-refractivity contribution in [2.24, 2.45) is 0 Å². The Morgan fingerprint density at radius 1 is 1.07 bits per heavy atom. The molecule has 0 atom stereocenters. The first-order valence-corrected chi connectivity index (χ1v) is 9.09. The highest BCUT2D eigenvalue weighted by molar-refractivity contribution is 5.83. The van der Waals surface area contributed by atoms with Crippen LogP contribution in [-0.4, -0.2) is 37.9 Å². The minimum atomic E-state index is 0.466. The van der Waals surface area contributed by atoms with E-state index in [4.69, 9.17) is 9.26 Å². The fourth-order valence-electron chi connectivity index (χ4n) is 3.60. The largest absolute Gasteiger partial charge is 0.381 e. The molecule has 0 amide bonds. The van der Waals surface area contributed by atoms with E-state index in [-0.39, 0.29) is 0 Å². The van der Waals surface area contributed by atoms with E-state index in [1.54, 1.807) is 13.1 Å². The monoisotopic (exact) mass is 361 g/mol. The van der Waals surface area contributed by atoms with Gasteiger partial charge in [0.2, 0.25) is 11.7 Å². The smallest absolute Gasteiger partial charge is 0.223 e. The van der Waals surface area contributed by atoms with Crippen molar-refractivity contribution >= 4 is 10.9 Å². The van der Waals surface area contributed by atoms with Crippen LogP contribution in [0.15, 0.2) is 47.4 Å². The number of aryl methyl sites for hydroxylation is 1. The molecule has 1 aliphatic rings. The molecule has 4 aromatic heterocycles. The Morgan fingerprint density at radius 2 is 1.93 bits per heavy atom. The van der Waals surface area contributed by atoms with Crippen molar-refractivity contribution in [1.82, 2.24) is 24.7 Å². The molecule has 0 bridgehead atoms.